The third-order valence-electron chi connectivity index (χ3n) is 3.70. The molecule has 0 aromatic heterocycles. The van der Waals surface area contributed by atoms with E-state index in [4.69, 9.17) is 0 Å². The highest BCUT2D eigenvalue weighted by Gasteiger charge is 2.17. The highest BCUT2D eigenvalue weighted by atomic mass is 19.1. The van der Waals surface area contributed by atoms with E-state index in [0.29, 0.717) is 11.4 Å². The van der Waals surface area contributed by atoms with Crippen molar-refractivity contribution < 1.29 is 14.0 Å². The second-order valence-electron chi connectivity index (χ2n) is 6.02. The van der Waals surface area contributed by atoms with Crippen LogP contribution < -0.4 is 10.6 Å². The number of amides is 2. The van der Waals surface area contributed by atoms with E-state index in [1.54, 1.807) is 0 Å². The molecule has 4 nitrogen and oxygen atoms in total. The fraction of sp³-hybridized carbons (Fsp3) is 0.263. The zero-order valence-corrected chi connectivity index (χ0v) is 14.2. The van der Waals surface area contributed by atoms with Crippen molar-refractivity contribution in [1.29, 1.82) is 0 Å². The number of para-hydroxylation sites is 1. The van der Waals surface area contributed by atoms with Gasteiger partial charge < -0.3 is 10.6 Å². The lowest BCUT2D eigenvalue weighted by Crippen LogP contribution is -2.17. The number of hydrogen-bond acceptors (Lipinski definition) is 2. The summed E-state index contributed by atoms with van der Waals surface area (Å²) in [7, 11) is 0. The van der Waals surface area contributed by atoms with E-state index >= 15 is 0 Å². The maximum Gasteiger partial charge on any atom is 0.258 e. The number of carbonyl (C=O) groups excluding carboxylic acids is 2. The normalized spacial score (nSPS) is 10.6. The van der Waals surface area contributed by atoms with Gasteiger partial charge >= 0.3 is 0 Å². The Kier molecular flexibility index (Phi) is 5.34. The number of benzene rings is 2. The van der Waals surface area contributed by atoms with Crippen molar-refractivity contribution in [3.63, 3.8) is 0 Å². The third kappa shape index (κ3) is 3.98. The average Bonchev–Trinajstić information content (AvgIpc) is 2.50. The molecule has 5 heteroatoms. The summed E-state index contributed by atoms with van der Waals surface area (Å²) >= 11 is 0. The Labute approximate surface area is 141 Å². The van der Waals surface area contributed by atoms with Gasteiger partial charge in [-0.3, -0.25) is 9.59 Å². The van der Waals surface area contributed by atoms with E-state index < -0.39 is 11.7 Å². The van der Waals surface area contributed by atoms with Crippen molar-refractivity contribution >= 4 is 23.2 Å². The Morgan fingerprint density at radius 2 is 1.79 bits per heavy atom. The fourth-order valence-corrected chi connectivity index (χ4v) is 2.50. The summed E-state index contributed by atoms with van der Waals surface area (Å²) in [6.45, 7) is 7.31. The number of carbonyl (C=O) groups is 2. The van der Waals surface area contributed by atoms with Gasteiger partial charge in [0, 0.05) is 18.3 Å². The van der Waals surface area contributed by atoms with Crippen LogP contribution in [0.4, 0.5) is 15.8 Å². The van der Waals surface area contributed by atoms with Gasteiger partial charge in [-0.05, 0) is 42.2 Å². The highest BCUT2D eigenvalue weighted by Crippen LogP contribution is 2.28. The molecule has 0 fully saturated rings. The van der Waals surface area contributed by atoms with Crippen molar-refractivity contribution in [2.24, 2.45) is 0 Å². The largest absolute Gasteiger partial charge is 0.326 e. The van der Waals surface area contributed by atoms with E-state index in [0.717, 1.165) is 11.1 Å². The van der Waals surface area contributed by atoms with Crippen molar-refractivity contribution in [2.75, 3.05) is 10.6 Å². The first-order valence-corrected chi connectivity index (χ1v) is 7.77. The molecule has 0 aliphatic heterocycles. The number of hydrogen-bond donors (Lipinski definition) is 2. The predicted octanol–water partition coefficient (Wildman–Crippen LogP) is 4.47. The van der Waals surface area contributed by atoms with E-state index in [-0.39, 0.29) is 17.4 Å². The van der Waals surface area contributed by atoms with Crippen LogP contribution in [0.25, 0.3) is 0 Å². The summed E-state index contributed by atoms with van der Waals surface area (Å²) in [5.74, 6) is -1.25. The number of nitrogens with one attached hydrogen (secondary N) is 2. The van der Waals surface area contributed by atoms with E-state index in [1.165, 1.54) is 25.1 Å². The lowest BCUT2D eigenvalue weighted by atomic mass is 9.98. The molecule has 0 bridgehead atoms. The first kappa shape index (κ1) is 17.7. The van der Waals surface area contributed by atoms with E-state index in [2.05, 4.69) is 10.6 Å². The lowest BCUT2D eigenvalue weighted by molar-refractivity contribution is -0.114. The topological polar surface area (TPSA) is 58.2 Å². The molecule has 126 valence electrons. The molecule has 0 radical (unpaired) electrons. The molecule has 2 aromatic carbocycles. The summed E-state index contributed by atoms with van der Waals surface area (Å²) in [4.78, 5) is 23.7. The van der Waals surface area contributed by atoms with Gasteiger partial charge in [0.05, 0.1) is 5.56 Å². The standard InChI is InChI=1S/C19H21FN2O2/c1-11(2)15-7-5-6-12(3)18(15)22-19(24)16-10-14(21-13(4)23)8-9-17(16)20/h5-11H,1-4H3,(H,21,23)(H,22,24). The average molecular weight is 328 g/mol. The van der Waals surface area contributed by atoms with Crippen LogP contribution in [-0.4, -0.2) is 11.8 Å². The molecule has 0 heterocycles. The van der Waals surface area contributed by atoms with Gasteiger partial charge in [0.1, 0.15) is 5.82 Å². The predicted molar refractivity (Wildman–Crippen MR) is 93.9 cm³/mol. The molecule has 0 unspecified atom stereocenters. The molecule has 0 saturated heterocycles. The minimum Gasteiger partial charge on any atom is -0.326 e. The summed E-state index contributed by atoms with van der Waals surface area (Å²) in [5.41, 5.74) is 2.86. The molecule has 0 saturated carbocycles. The number of anilines is 2. The molecular formula is C19H21FN2O2. The first-order chi connectivity index (χ1) is 11.3. The van der Waals surface area contributed by atoms with Gasteiger partial charge in [0.25, 0.3) is 5.91 Å². The highest BCUT2D eigenvalue weighted by molar-refractivity contribution is 6.06. The summed E-state index contributed by atoms with van der Waals surface area (Å²) in [6, 6.07) is 9.68. The molecule has 0 spiro atoms. The molecule has 24 heavy (non-hydrogen) atoms. The SMILES string of the molecule is CC(=O)Nc1ccc(F)c(C(=O)Nc2c(C)cccc2C(C)C)c1. The van der Waals surface area contributed by atoms with E-state index in [1.807, 2.05) is 39.0 Å². The van der Waals surface area contributed by atoms with Gasteiger partial charge in [-0.25, -0.2) is 4.39 Å². The Morgan fingerprint density at radius 1 is 1.08 bits per heavy atom. The van der Waals surface area contributed by atoms with Crippen LogP contribution in [0.3, 0.4) is 0 Å². The zero-order chi connectivity index (χ0) is 17.9. The third-order valence-corrected chi connectivity index (χ3v) is 3.70. The molecule has 2 aromatic rings. The minimum absolute atomic E-state index is 0.112. The molecule has 2 rings (SSSR count). The zero-order valence-electron chi connectivity index (χ0n) is 14.2. The van der Waals surface area contributed by atoms with Crippen LogP contribution in [0.15, 0.2) is 36.4 Å². The molecule has 2 amide bonds. The van der Waals surface area contributed by atoms with Crippen molar-refractivity contribution in [3.05, 3.63) is 58.9 Å². The number of halogens is 1. The second-order valence-corrected chi connectivity index (χ2v) is 6.02. The Morgan fingerprint density at radius 3 is 2.42 bits per heavy atom. The molecule has 2 N–H and O–H groups in total. The lowest BCUT2D eigenvalue weighted by Gasteiger charge is -2.17. The van der Waals surface area contributed by atoms with Crippen LogP contribution in [-0.2, 0) is 4.79 Å². The van der Waals surface area contributed by atoms with Crippen LogP contribution in [0.5, 0.6) is 0 Å². The molecular weight excluding hydrogens is 307 g/mol. The Balaban J connectivity index is 2.36. The van der Waals surface area contributed by atoms with Gasteiger partial charge in [-0.15, -0.1) is 0 Å². The summed E-state index contributed by atoms with van der Waals surface area (Å²) in [5, 5.41) is 5.35. The first-order valence-electron chi connectivity index (χ1n) is 7.77. The van der Waals surface area contributed by atoms with Crippen LogP contribution in [0, 0.1) is 12.7 Å². The van der Waals surface area contributed by atoms with Gasteiger partial charge in [-0.2, -0.15) is 0 Å². The fourth-order valence-electron chi connectivity index (χ4n) is 2.50. The smallest absolute Gasteiger partial charge is 0.258 e. The molecule has 0 atom stereocenters. The second kappa shape index (κ2) is 7.25. The van der Waals surface area contributed by atoms with Crippen LogP contribution >= 0.6 is 0 Å². The van der Waals surface area contributed by atoms with Crippen molar-refractivity contribution in [3.8, 4) is 0 Å². The van der Waals surface area contributed by atoms with Crippen LogP contribution in [0.2, 0.25) is 0 Å². The van der Waals surface area contributed by atoms with Gasteiger partial charge in [0.2, 0.25) is 5.91 Å². The maximum atomic E-state index is 14.0. The monoisotopic (exact) mass is 328 g/mol. The van der Waals surface area contributed by atoms with Crippen molar-refractivity contribution in [1.82, 2.24) is 0 Å². The Hall–Kier alpha value is -2.69. The number of aryl methyl sites for hydroxylation is 1. The van der Waals surface area contributed by atoms with Gasteiger partial charge in [-0.1, -0.05) is 32.0 Å². The van der Waals surface area contributed by atoms with Crippen LogP contribution in [0.1, 0.15) is 48.2 Å². The Bertz CT molecular complexity index is 785. The summed E-state index contributed by atoms with van der Waals surface area (Å²) in [6.07, 6.45) is 0. The minimum atomic E-state index is -0.638. The van der Waals surface area contributed by atoms with Gasteiger partial charge in [0.15, 0.2) is 0 Å². The molecule has 0 aliphatic carbocycles. The maximum absolute atomic E-state index is 14.0. The summed E-state index contributed by atoms with van der Waals surface area (Å²) < 4.78 is 14.0. The molecule has 0 aliphatic rings. The quantitative estimate of drug-likeness (QED) is 0.870. The number of rotatable bonds is 4. The van der Waals surface area contributed by atoms with Crippen molar-refractivity contribution in [2.45, 2.75) is 33.6 Å². The van der Waals surface area contributed by atoms with E-state index in [9.17, 15) is 14.0 Å².